The lowest BCUT2D eigenvalue weighted by Crippen LogP contribution is -2.38. The number of esters is 2. The van der Waals surface area contributed by atoms with Crippen molar-refractivity contribution in [2.75, 3.05) is 6.61 Å². The van der Waals surface area contributed by atoms with E-state index < -0.39 is 23.9 Å². The number of allylic oxidation sites excluding steroid dienone is 1. The van der Waals surface area contributed by atoms with Crippen molar-refractivity contribution in [1.29, 1.82) is 0 Å². The Morgan fingerprint density at radius 1 is 0.969 bits per heavy atom. The molecule has 3 rings (SSSR count). The molecule has 6 nitrogen and oxygen atoms in total. The van der Waals surface area contributed by atoms with Gasteiger partial charge < -0.3 is 14.4 Å². The average molecular weight is 436 g/mol. The second kappa shape index (κ2) is 10.8. The summed E-state index contributed by atoms with van der Waals surface area (Å²) in [6, 6.07) is 17.9. The molecule has 2 aromatic rings. The summed E-state index contributed by atoms with van der Waals surface area (Å²) < 4.78 is 10.7. The zero-order valence-corrected chi connectivity index (χ0v) is 18.7. The number of rotatable bonds is 8. The number of hydrogen-bond donors (Lipinski definition) is 0. The number of nitrogens with zero attached hydrogens (tertiary/aromatic N) is 1. The van der Waals surface area contributed by atoms with Crippen LogP contribution in [0, 0.1) is 5.92 Å². The SMILES string of the molecule is CCOC(=O)[C@H]1C[C@H](C(C)=O)[C@H](c2ccccc2)N1/C(C)=C/C(=O)OCc1ccccc1. The van der Waals surface area contributed by atoms with Gasteiger partial charge in [0.2, 0.25) is 0 Å². The summed E-state index contributed by atoms with van der Waals surface area (Å²) in [6.45, 7) is 5.45. The van der Waals surface area contributed by atoms with Gasteiger partial charge in [0.25, 0.3) is 0 Å². The Bertz CT molecular complexity index is 970. The third kappa shape index (κ3) is 5.44. The second-order valence-electron chi connectivity index (χ2n) is 7.86. The maximum absolute atomic E-state index is 12.8. The molecule has 1 saturated heterocycles. The Labute approximate surface area is 188 Å². The van der Waals surface area contributed by atoms with Crippen molar-refractivity contribution in [3.8, 4) is 0 Å². The highest BCUT2D eigenvalue weighted by atomic mass is 16.5. The highest BCUT2D eigenvalue weighted by Gasteiger charge is 2.47. The fourth-order valence-corrected chi connectivity index (χ4v) is 4.23. The fourth-order valence-electron chi connectivity index (χ4n) is 4.23. The second-order valence-corrected chi connectivity index (χ2v) is 7.86. The van der Waals surface area contributed by atoms with Gasteiger partial charge in [-0.15, -0.1) is 0 Å². The van der Waals surface area contributed by atoms with E-state index in [1.165, 1.54) is 6.08 Å². The molecule has 0 amide bonds. The molecule has 1 heterocycles. The van der Waals surface area contributed by atoms with Gasteiger partial charge in [-0.25, -0.2) is 9.59 Å². The predicted molar refractivity (Wildman–Crippen MR) is 120 cm³/mol. The van der Waals surface area contributed by atoms with Crippen LogP contribution < -0.4 is 0 Å². The molecular weight excluding hydrogens is 406 g/mol. The van der Waals surface area contributed by atoms with Gasteiger partial charge in [0, 0.05) is 17.7 Å². The van der Waals surface area contributed by atoms with Crippen LogP contribution in [0.3, 0.4) is 0 Å². The van der Waals surface area contributed by atoms with E-state index in [1.807, 2.05) is 65.6 Å². The summed E-state index contributed by atoms with van der Waals surface area (Å²) in [4.78, 5) is 39.7. The maximum atomic E-state index is 12.8. The highest BCUT2D eigenvalue weighted by molar-refractivity contribution is 5.85. The molecule has 1 aliphatic heterocycles. The van der Waals surface area contributed by atoms with Crippen LogP contribution >= 0.6 is 0 Å². The largest absolute Gasteiger partial charge is 0.464 e. The van der Waals surface area contributed by atoms with E-state index in [2.05, 4.69) is 0 Å². The lowest BCUT2D eigenvalue weighted by Gasteiger charge is -2.33. The molecule has 0 spiro atoms. The molecule has 1 fully saturated rings. The van der Waals surface area contributed by atoms with Crippen LogP contribution in [0.4, 0.5) is 0 Å². The van der Waals surface area contributed by atoms with Crippen molar-refractivity contribution >= 4 is 17.7 Å². The number of carbonyl (C=O) groups excluding carboxylic acids is 3. The standard InChI is InChI=1S/C26H29NO5/c1-4-31-26(30)23-16-22(19(3)28)25(21-13-9-6-10-14-21)27(23)18(2)15-24(29)32-17-20-11-7-5-8-12-20/h5-15,22-23,25H,4,16-17H2,1-3H3/b18-15+/t22-,23-,25+/m1/s1. The number of ketones is 1. The minimum Gasteiger partial charge on any atom is -0.464 e. The molecule has 6 heteroatoms. The monoisotopic (exact) mass is 435 g/mol. The molecule has 0 aromatic heterocycles. The number of ether oxygens (including phenoxy) is 2. The normalized spacial score (nSPS) is 20.7. The third-order valence-corrected chi connectivity index (χ3v) is 5.67. The molecule has 0 unspecified atom stereocenters. The highest BCUT2D eigenvalue weighted by Crippen LogP contribution is 2.44. The van der Waals surface area contributed by atoms with Crippen LogP contribution in [0.15, 0.2) is 72.4 Å². The Morgan fingerprint density at radius 2 is 1.59 bits per heavy atom. The number of carbonyl (C=O) groups is 3. The molecule has 0 saturated carbocycles. The van der Waals surface area contributed by atoms with Crippen LogP contribution in [0.1, 0.15) is 44.4 Å². The minimum atomic E-state index is -0.660. The topological polar surface area (TPSA) is 72.9 Å². The van der Waals surface area contributed by atoms with E-state index in [-0.39, 0.29) is 25.0 Å². The van der Waals surface area contributed by atoms with Crippen molar-refractivity contribution in [3.63, 3.8) is 0 Å². The first-order valence-corrected chi connectivity index (χ1v) is 10.8. The van der Waals surface area contributed by atoms with E-state index in [9.17, 15) is 14.4 Å². The smallest absolute Gasteiger partial charge is 0.332 e. The quantitative estimate of drug-likeness (QED) is 0.457. The molecule has 2 aromatic carbocycles. The van der Waals surface area contributed by atoms with E-state index >= 15 is 0 Å². The molecular formula is C26H29NO5. The molecule has 32 heavy (non-hydrogen) atoms. The van der Waals surface area contributed by atoms with E-state index in [0.29, 0.717) is 12.1 Å². The Balaban J connectivity index is 1.90. The number of benzene rings is 2. The van der Waals surface area contributed by atoms with Gasteiger partial charge in [-0.05, 0) is 38.3 Å². The molecule has 0 aliphatic carbocycles. The first-order valence-electron chi connectivity index (χ1n) is 10.8. The van der Waals surface area contributed by atoms with Crippen LogP contribution in [-0.4, -0.2) is 35.3 Å². The van der Waals surface area contributed by atoms with Gasteiger partial charge in [-0.2, -0.15) is 0 Å². The van der Waals surface area contributed by atoms with Crippen LogP contribution in [0.25, 0.3) is 0 Å². The number of Topliss-reactive ketones (excluding diaryl/α,β-unsaturated/α-hetero) is 1. The lowest BCUT2D eigenvalue weighted by atomic mass is 9.90. The summed E-state index contributed by atoms with van der Waals surface area (Å²) >= 11 is 0. The molecule has 1 aliphatic rings. The number of hydrogen-bond acceptors (Lipinski definition) is 6. The predicted octanol–water partition coefficient (Wildman–Crippen LogP) is 4.22. The van der Waals surface area contributed by atoms with E-state index in [1.54, 1.807) is 20.8 Å². The van der Waals surface area contributed by atoms with Crippen molar-refractivity contribution in [1.82, 2.24) is 4.90 Å². The first-order chi connectivity index (χ1) is 15.4. The average Bonchev–Trinajstić information content (AvgIpc) is 3.20. The summed E-state index contributed by atoms with van der Waals surface area (Å²) in [5, 5.41) is 0. The van der Waals surface area contributed by atoms with Gasteiger partial charge in [0.1, 0.15) is 18.4 Å². The molecule has 3 atom stereocenters. The third-order valence-electron chi connectivity index (χ3n) is 5.67. The first kappa shape index (κ1) is 23.3. The minimum absolute atomic E-state index is 0.00453. The molecule has 0 radical (unpaired) electrons. The van der Waals surface area contributed by atoms with Gasteiger partial charge >= 0.3 is 11.9 Å². The lowest BCUT2D eigenvalue weighted by molar-refractivity contribution is -0.148. The van der Waals surface area contributed by atoms with Crippen molar-refractivity contribution in [3.05, 3.63) is 83.6 Å². The Hall–Kier alpha value is -3.41. The zero-order chi connectivity index (χ0) is 23.1. The van der Waals surface area contributed by atoms with E-state index in [4.69, 9.17) is 9.47 Å². The summed E-state index contributed by atoms with van der Waals surface area (Å²) in [6.07, 6.45) is 1.71. The Morgan fingerprint density at radius 3 is 2.19 bits per heavy atom. The van der Waals surface area contributed by atoms with Crippen LogP contribution in [-0.2, 0) is 30.5 Å². The summed E-state index contributed by atoms with van der Waals surface area (Å²) in [7, 11) is 0. The van der Waals surface area contributed by atoms with Crippen molar-refractivity contribution in [2.24, 2.45) is 5.92 Å². The Kier molecular flexibility index (Phi) is 7.82. The van der Waals surface area contributed by atoms with Crippen LogP contribution in [0.5, 0.6) is 0 Å². The molecule has 168 valence electrons. The van der Waals surface area contributed by atoms with E-state index in [0.717, 1.165) is 11.1 Å². The van der Waals surface area contributed by atoms with Crippen LogP contribution in [0.2, 0.25) is 0 Å². The van der Waals surface area contributed by atoms with Gasteiger partial charge in [0.05, 0.1) is 12.6 Å². The zero-order valence-electron chi connectivity index (χ0n) is 18.7. The van der Waals surface area contributed by atoms with Crippen molar-refractivity contribution < 1.29 is 23.9 Å². The van der Waals surface area contributed by atoms with Gasteiger partial charge in [0.15, 0.2) is 0 Å². The van der Waals surface area contributed by atoms with Gasteiger partial charge in [-0.3, -0.25) is 4.79 Å². The van der Waals surface area contributed by atoms with Gasteiger partial charge in [-0.1, -0.05) is 60.7 Å². The summed E-state index contributed by atoms with van der Waals surface area (Å²) in [5.74, 6) is -1.31. The maximum Gasteiger partial charge on any atom is 0.332 e. The number of likely N-dealkylation sites (tertiary alicyclic amines) is 1. The molecule has 0 N–H and O–H groups in total. The fraction of sp³-hybridized carbons (Fsp3) is 0.346. The molecule has 0 bridgehead atoms. The summed E-state index contributed by atoms with van der Waals surface area (Å²) in [5.41, 5.74) is 2.35. The van der Waals surface area contributed by atoms with Crippen molar-refractivity contribution in [2.45, 2.75) is 45.9 Å².